The van der Waals surface area contributed by atoms with Crippen molar-refractivity contribution in [1.29, 1.82) is 0 Å². The molecule has 152 valence electrons. The van der Waals surface area contributed by atoms with Crippen LogP contribution >= 0.6 is 11.8 Å². The van der Waals surface area contributed by atoms with Crippen LogP contribution in [0.2, 0.25) is 0 Å². The van der Waals surface area contributed by atoms with Crippen molar-refractivity contribution in [3.8, 4) is 0 Å². The van der Waals surface area contributed by atoms with Crippen molar-refractivity contribution >= 4 is 23.6 Å². The highest BCUT2D eigenvalue weighted by atomic mass is 32.2. The molecule has 0 saturated heterocycles. The predicted molar refractivity (Wildman–Crippen MR) is 106 cm³/mol. The van der Waals surface area contributed by atoms with Crippen LogP contribution in [-0.4, -0.2) is 37.4 Å². The Morgan fingerprint density at radius 1 is 1.18 bits per heavy atom. The molecule has 0 aliphatic rings. The van der Waals surface area contributed by atoms with Crippen LogP contribution in [0.1, 0.15) is 56.8 Å². The first kappa shape index (κ1) is 21.9. The molecule has 1 aromatic carbocycles. The Labute approximate surface area is 168 Å². The van der Waals surface area contributed by atoms with Crippen LogP contribution in [0.3, 0.4) is 0 Å². The fourth-order valence-electron chi connectivity index (χ4n) is 2.47. The molecule has 28 heavy (non-hydrogen) atoms. The first-order chi connectivity index (χ1) is 13.0. The molecule has 2 rings (SSSR count). The Kier molecular flexibility index (Phi) is 6.82. The number of aromatic nitrogens is 3. The van der Waals surface area contributed by atoms with Gasteiger partial charge >= 0.3 is 0 Å². The minimum atomic E-state index is -0.583. The summed E-state index contributed by atoms with van der Waals surface area (Å²) in [6.45, 7) is 9.30. The summed E-state index contributed by atoms with van der Waals surface area (Å²) < 4.78 is 15.5. The molecular weight excluding hydrogens is 381 g/mol. The largest absolute Gasteiger partial charge is 0.351 e. The van der Waals surface area contributed by atoms with E-state index in [4.69, 9.17) is 0 Å². The third-order valence-corrected chi connectivity index (χ3v) is 5.01. The van der Waals surface area contributed by atoms with Crippen molar-refractivity contribution in [3.05, 3.63) is 41.5 Å². The van der Waals surface area contributed by atoms with E-state index in [0.29, 0.717) is 11.0 Å². The lowest BCUT2D eigenvalue weighted by Crippen LogP contribution is -2.44. The van der Waals surface area contributed by atoms with Crippen molar-refractivity contribution in [1.82, 2.24) is 25.4 Å². The summed E-state index contributed by atoms with van der Waals surface area (Å²) in [6.07, 6.45) is 0. The van der Waals surface area contributed by atoms with E-state index in [2.05, 4.69) is 20.8 Å². The van der Waals surface area contributed by atoms with Crippen molar-refractivity contribution in [2.24, 2.45) is 7.05 Å². The maximum absolute atomic E-state index is 13.8. The van der Waals surface area contributed by atoms with Gasteiger partial charge in [0.15, 0.2) is 11.0 Å². The van der Waals surface area contributed by atoms with Crippen LogP contribution in [0, 0.1) is 5.82 Å². The molecule has 1 aromatic heterocycles. The second kappa shape index (κ2) is 8.72. The van der Waals surface area contributed by atoms with Crippen LogP contribution in [0.15, 0.2) is 29.4 Å². The number of nitrogens with zero attached hydrogens (tertiary/aromatic N) is 3. The molecule has 0 fully saturated rings. The Balaban J connectivity index is 2.06. The highest BCUT2D eigenvalue weighted by Crippen LogP contribution is 2.24. The van der Waals surface area contributed by atoms with Gasteiger partial charge in [0.25, 0.3) is 5.91 Å². The number of thioether (sulfide) groups is 1. The normalized spacial score (nSPS) is 13.7. The van der Waals surface area contributed by atoms with Crippen LogP contribution in [0.25, 0.3) is 0 Å². The minimum absolute atomic E-state index is 0.0291. The molecule has 2 atom stereocenters. The van der Waals surface area contributed by atoms with Gasteiger partial charge in [-0.15, -0.1) is 10.2 Å². The van der Waals surface area contributed by atoms with Gasteiger partial charge in [0.05, 0.1) is 16.9 Å². The number of halogens is 1. The molecular formula is C19H26FN5O2S. The van der Waals surface area contributed by atoms with Gasteiger partial charge in [-0.1, -0.05) is 23.9 Å². The van der Waals surface area contributed by atoms with Gasteiger partial charge < -0.3 is 15.2 Å². The maximum Gasteiger partial charge on any atom is 0.254 e. The summed E-state index contributed by atoms with van der Waals surface area (Å²) >= 11 is 1.28. The summed E-state index contributed by atoms with van der Waals surface area (Å²) in [6, 6.07) is 5.30. The van der Waals surface area contributed by atoms with Gasteiger partial charge in [-0.3, -0.25) is 9.59 Å². The lowest BCUT2D eigenvalue weighted by molar-refractivity contribution is -0.121. The molecule has 0 spiro atoms. The second-order valence-corrected chi connectivity index (χ2v) is 8.88. The number of hydrogen-bond acceptors (Lipinski definition) is 5. The van der Waals surface area contributed by atoms with E-state index in [1.165, 1.54) is 30.0 Å². The Morgan fingerprint density at radius 3 is 2.43 bits per heavy atom. The third-order valence-electron chi connectivity index (χ3n) is 3.87. The Hall–Kier alpha value is -2.42. The molecule has 1 heterocycles. The van der Waals surface area contributed by atoms with E-state index in [-0.39, 0.29) is 22.3 Å². The Morgan fingerprint density at radius 2 is 1.82 bits per heavy atom. The molecule has 0 radical (unpaired) electrons. The number of carbonyl (C=O) groups excluding carboxylic acids is 2. The number of hydrogen-bond donors (Lipinski definition) is 2. The molecule has 0 saturated carbocycles. The van der Waals surface area contributed by atoms with Crippen LogP contribution in [-0.2, 0) is 11.8 Å². The number of benzene rings is 1. The van der Waals surface area contributed by atoms with E-state index in [9.17, 15) is 14.0 Å². The zero-order valence-corrected chi connectivity index (χ0v) is 17.7. The molecule has 7 nitrogen and oxygen atoms in total. The van der Waals surface area contributed by atoms with Crippen molar-refractivity contribution < 1.29 is 14.0 Å². The van der Waals surface area contributed by atoms with Crippen molar-refractivity contribution in [2.45, 2.75) is 56.6 Å². The first-order valence-corrected chi connectivity index (χ1v) is 9.81. The molecule has 2 aromatic rings. The number of amides is 2. The summed E-state index contributed by atoms with van der Waals surface area (Å²) in [5.41, 5.74) is -0.346. The van der Waals surface area contributed by atoms with Crippen LogP contribution in [0.4, 0.5) is 4.39 Å². The highest BCUT2D eigenvalue weighted by molar-refractivity contribution is 8.00. The maximum atomic E-state index is 13.8. The third kappa shape index (κ3) is 5.54. The molecule has 0 unspecified atom stereocenters. The quantitative estimate of drug-likeness (QED) is 0.719. The summed E-state index contributed by atoms with van der Waals surface area (Å²) in [5.74, 6) is -0.695. The Bertz CT molecular complexity index is 862. The summed E-state index contributed by atoms with van der Waals surface area (Å²) in [5, 5.41) is 14.1. The zero-order chi connectivity index (χ0) is 21.1. The van der Waals surface area contributed by atoms with Gasteiger partial charge in [-0.2, -0.15) is 0 Å². The fourth-order valence-corrected chi connectivity index (χ4v) is 3.29. The summed E-state index contributed by atoms with van der Waals surface area (Å²) in [7, 11) is 1.76. The smallest absolute Gasteiger partial charge is 0.254 e. The topological polar surface area (TPSA) is 88.9 Å². The van der Waals surface area contributed by atoms with Crippen molar-refractivity contribution in [3.63, 3.8) is 0 Å². The fraction of sp³-hybridized carbons (Fsp3) is 0.474. The average molecular weight is 408 g/mol. The van der Waals surface area contributed by atoms with Crippen molar-refractivity contribution in [2.75, 3.05) is 0 Å². The molecule has 0 aliphatic carbocycles. The van der Waals surface area contributed by atoms with E-state index < -0.39 is 17.8 Å². The molecule has 9 heteroatoms. The van der Waals surface area contributed by atoms with Crippen LogP contribution < -0.4 is 10.6 Å². The lowest BCUT2D eigenvalue weighted by Gasteiger charge is -2.22. The predicted octanol–water partition coefficient (Wildman–Crippen LogP) is 2.84. The van der Waals surface area contributed by atoms with E-state index in [0.717, 1.165) is 0 Å². The van der Waals surface area contributed by atoms with E-state index >= 15 is 0 Å². The van der Waals surface area contributed by atoms with E-state index in [1.807, 2.05) is 20.8 Å². The second-order valence-electron chi connectivity index (χ2n) is 7.57. The first-order valence-electron chi connectivity index (χ1n) is 8.93. The molecule has 2 amide bonds. The SMILES string of the molecule is C[C@H](Sc1nnc([C@@H](C)NC(=O)c2ccccc2F)n1C)C(=O)NC(C)(C)C. The highest BCUT2D eigenvalue weighted by Gasteiger charge is 2.24. The standard InChI is InChI=1S/C19H26FN5O2S/c1-11(21-17(27)13-9-7-8-10-14(13)20)15-23-24-18(25(15)6)28-12(2)16(26)22-19(3,4)5/h7-12H,1-6H3,(H,21,27)(H,22,26)/t11-,12+/m1/s1. The van der Waals surface area contributed by atoms with Gasteiger partial charge in [-0.25, -0.2) is 4.39 Å². The molecule has 2 N–H and O–H groups in total. The van der Waals surface area contributed by atoms with Crippen LogP contribution in [0.5, 0.6) is 0 Å². The number of nitrogens with one attached hydrogen (secondary N) is 2. The van der Waals surface area contributed by atoms with Gasteiger partial charge in [0.2, 0.25) is 5.91 Å². The zero-order valence-electron chi connectivity index (χ0n) is 16.9. The van der Waals surface area contributed by atoms with E-state index in [1.54, 1.807) is 31.5 Å². The number of carbonyl (C=O) groups is 2. The monoisotopic (exact) mass is 407 g/mol. The minimum Gasteiger partial charge on any atom is -0.351 e. The summed E-state index contributed by atoms with van der Waals surface area (Å²) in [4.78, 5) is 24.6. The number of rotatable bonds is 6. The average Bonchev–Trinajstić information content (AvgIpc) is 2.94. The molecule has 0 aliphatic heterocycles. The molecule has 0 bridgehead atoms. The van der Waals surface area contributed by atoms with Gasteiger partial charge in [-0.05, 0) is 46.8 Å². The lowest BCUT2D eigenvalue weighted by atomic mass is 10.1. The van der Waals surface area contributed by atoms with Gasteiger partial charge in [0.1, 0.15) is 5.82 Å². The van der Waals surface area contributed by atoms with Gasteiger partial charge in [0, 0.05) is 12.6 Å².